The van der Waals surface area contributed by atoms with Gasteiger partial charge in [-0.2, -0.15) is 11.8 Å². The van der Waals surface area contributed by atoms with Crippen LogP contribution in [0.2, 0.25) is 0 Å². The summed E-state index contributed by atoms with van der Waals surface area (Å²) in [6, 6.07) is 12.4. The third-order valence-electron chi connectivity index (χ3n) is 7.95. The van der Waals surface area contributed by atoms with Crippen LogP contribution < -0.4 is 25.4 Å². The number of benzene rings is 2. The number of ketones is 1. The molecule has 2 heterocycles. The molecule has 0 aromatic heterocycles. The van der Waals surface area contributed by atoms with Gasteiger partial charge in [0.2, 0.25) is 5.91 Å². The molecule has 12 nitrogen and oxygen atoms in total. The second-order valence-corrected chi connectivity index (χ2v) is 16.0. The lowest BCUT2D eigenvalue weighted by Crippen LogP contribution is -2.36. The first-order valence-electron chi connectivity index (χ1n) is 17.5. The number of Topliss-reactive ketones (excluding diaryl/α,β-unsaturated/α-hetero) is 1. The number of rotatable bonds is 17. The number of carbonyl (C=O) groups excluding carboxylic acids is 5. The lowest BCUT2D eigenvalue weighted by molar-refractivity contribution is -0.158. The lowest BCUT2D eigenvalue weighted by Gasteiger charge is -2.19. The quantitative estimate of drug-likeness (QED) is 0.0812. The Morgan fingerprint density at radius 1 is 0.784 bits per heavy atom. The number of hydrogen-bond acceptors (Lipinski definition) is 10. The van der Waals surface area contributed by atoms with Crippen LogP contribution in [-0.2, 0) is 23.9 Å². The molecular formula is C38H51N3O9S. The third kappa shape index (κ3) is 13.4. The van der Waals surface area contributed by atoms with Crippen molar-refractivity contribution >= 4 is 41.4 Å². The Kier molecular flexibility index (Phi) is 13.8. The topological polar surface area (TPSA) is 158 Å². The molecule has 0 unspecified atom stereocenters. The van der Waals surface area contributed by atoms with Gasteiger partial charge in [-0.3, -0.25) is 9.59 Å². The third-order valence-corrected chi connectivity index (χ3v) is 9.46. The van der Waals surface area contributed by atoms with Gasteiger partial charge in [0.25, 0.3) is 0 Å². The van der Waals surface area contributed by atoms with Crippen molar-refractivity contribution < 1.29 is 42.9 Å². The average molecular weight is 726 g/mol. The van der Waals surface area contributed by atoms with E-state index in [1.807, 2.05) is 11.8 Å². The van der Waals surface area contributed by atoms with Gasteiger partial charge in [0, 0.05) is 36.0 Å². The smallest absolute Gasteiger partial charge is 0.344 e. The Balaban J connectivity index is 1.29. The second-order valence-electron chi connectivity index (χ2n) is 14.8. The zero-order valence-corrected chi connectivity index (χ0v) is 31.2. The van der Waals surface area contributed by atoms with Crippen molar-refractivity contribution in [3.8, 4) is 22.6 Å². The van der Waals surface area contributed by atoms with Crippen LogP contribution in [0.15, 0.2) is 42.5 Å². The van der Waals surface area contributed by atoms with Crippen LogP contribution in [0.1, 0.15) is 90.4 Å². The van der Waals surface area contributed by atoms with E-state index in [4.69, 9.17) is 18.9 Å². The monoisotopic (exact) mass is 725 g/mol. The molecule has 4 rings (SSSR count). The molecule has 3 N–H and O–H groups in total. The number of amides is 3. The summed E-state index contributed by atoms with van der Waals surface area (Å²) in [6.07, 6.45) is 3.68. The van der Waals surface area contributed by atoms with Crippen molar-refractivity contribution in [3.05, 3.63) is 48.0 Å². The fourth-order valence-electron chi connectivity index (χ4n) is 5.76. The Labute approximate surface area is 304 Å². The number of ether oxygens (including phenoxy) is 4. The molecule has 278 valence electrons. The van der Waals surface area contributed by atoms with E-state index >= 15 is 0 Å². The van der Waals surface area contributed by atoms with Crippen molar-refractivity contribution in [2.45, 2.75) is 109 Å². The molecule has 2 aliphatic heterocycles. The number of esters is 2. The summed E-state index contributed by atoms with van der Waals surface area (Å²) >= 11 is 1.87. The Bertz CT molecular complexity index is 1550. The molecule has 0 aliphatic carbocycles. The predicted octanol–water partition coefficient (Wildman–Crippen LogP) is 5.60. The minimum Gasteiger partial charge on any atom is -0.482 e. The summed E-state index contributed by atoms with van der Waals surface area (Å²) in [4.78, 5) is 61.7. The minimum absolute atomic E-state index is 0.0476. The summed E-state index contributed by atoms with van der Waals surface area (Å²) in [6.45, 7) is 10.5. The Morgan fingerprint density at radius 3 is 2.08 bits per heavy atom. The van der Waals surface area contributed by atoms with Crippen LogP contribution in [0, 0.1) is 0 Å². The number of nitrogens with one attached hydrogen (secondary N) is 3. The van der Waals surface area contributed by atoms with Gasteiger partial charge in [0.1, 0.15) is 22.7 Å². The standard InChI is InChI=1S/C38H51N3O9S/c1-37(2,3)49-33(44)21-47-27-15-13-24(14-16-27)25-18-26(20-28(19-25)48-22-34(45)50-38(4,5)6)30(42)10-9-17-39-32(43)12-8-7-11-31-35-29(23-51-31)40-36(46)41-35/h13-16,18-20,29,31,35H,7-12,17,21-23H2,1-6H3,(H,39,43)(H2,40,41,46)/t29-,31-,35-/m0/s1. The van der Waals surface area contributed by atoms with E-state index in [9.17, 15) is 24.0 Å². The number of urea groups is 1. The van der Waals surface area contributed by atoms with Crippen molar-refractivity contribution in [2.24, 2.45) is 0 Å². The van der Waals surface area contributed by atoms with Crippen LogP contribution in [0.4, 0.5) is 4.79 Å². The van der Waals surface area contributed by atoms with E-state index in [2.05, 4.69) is 16.0 Å². The van der Waals surface area contributed by atoms with E-state index in [1.165, 1.54) is 0 Å². The van der Waals surface area contributed by atoms with Crippen LogP contribution in [0.3, 0.4) is 0 Å². The number of thioether (sulfide) groups is 1. The summed E-state index contributed by atoms with van der Waals surface area (Å²) in [5.74, 6) is 0.533. The molecule has 0 saturated carbocycles. The fraction of sp³-hybridized carbons (Fsp3) is 0.553. The van der Waals surface area contributed by atoms with E-state index < -0.39 is 23.1 Å². The SMILES string of the molecule is CC(C)(C)OC(=O)COc1ccc(-c2cc(OCC(=O)OC(C)(C)C)cc(C(=O)CCCNC(=O)CCCC[C@@H]3SC[C@@H]4NC(=O)N[C@@H]43)c2)cc1. The summed E-state index contributed by atoms with van der Waals surface area (Å²) in [5, 5.41) is 9.23. The van der Waals surface area contributed by atoms with E-state index in [1.54, 1.807) is 84.0 Å². The molecule has 3 amide bonds. The molecule has 2 aromatic carbocycles. The molecule has 2 fully saturated rings. The van der Waals surface area contributed by atoms with Gasteiger partial charge in [0.15, 0.2) is 19.0 Å². The average Bonchev–Trinajstić information content (AvgIpc) is 3.60. The highest BCUT2D eigenvalue weighted by molar-refractivity contribution is 8.00. The summed E-state index contributed by atoms with van der Waals surface area (Å²) in [5.41, 5.74) is 0.575. The molecule has 2 saturated heterocycles. The summed E-state index contributed by atoms with van der Waals surface area (Å²) in [7, 11) is 0. The van der Waals surface area contributed by atoms with Gasteiger partial charge in [-0.05, 0) is 102 Å². The van der Waals surface area contributed by atoms with Gasteiger partial charge in [-0.1, -0.05) is 18.6 Å². The van der Waals surface area contributed by atoms with E-state index in [0.717, 1.165) is 30.6 Å². The molecule has 0 bridgehead atoms. The first-order chi connectivity index (χ1) is 24.0. The van der Waals surface area contributed by atoms with E-state index in [0.29, 0.717) is 47.3 Å². The zero-order chi connectivity index (χ0) is 37.2. The summed E-state index contributed by atoms with van der Waals surface area (Å²) < 4.78 is 22.0. The van der Waals surface area contributed by atoms with Crippen LogP contribution in [-0.4, -0.2) is 83.7 Å². The molecule has 13 heteroatoms. The first kappa shape index (κ1) is 39.5. The highest BCUT2D eigenvalue weighted by Crippen LogP contribution is 2.33. The predicted molar refractivity (Wildman–Crippen MR) is 195 cm³/mol. The van der Waals surface area contributed by atoms with Gasteiger partial charge >= 0.3 is 18.0 Å². The van der Waals surface area contributed by atoms with Gasteiger partial charge < -0.3 is 34.9 Å². The molecule has 2 aliphatic rings. The minimum atomic E-state index is -0.668. The Morgan fingerprint density at radius 2 is 1.43 bits per heavy atom. The van der Waals surface area contributed by atoms with Crippen molar-refractivity contribution in [1.29, 1.82) is 0 Å². The van der Waals surface area contributed by atoms with Crippen LogP contribution >= 0.6 is 11.8 Å². The lowest BCUT2D eigenvalue weighted by atomic mass is 9.99. The first-order valence-corrected chi connectivity index (χ1v) is 18.5. The highest BCUT2D eigenvalue weighted by atomic mass is 32.2. The fourth-order valence-corrected chi connectivity index (χ4v) is 7.31. The normalized spacial score (nSPS) is 18.2. The number of carbonyl (C=O) groups is 5. The van der Waals surface area contributed by atoms with Gasteiger partial charge in [0.05, 0.1) is 12.1 Å². The molecule has 3 atom stereocenters. The molecule has 0 radical (unpaired) electrons. The van der Waals surface area contributed by atoms with Crippen molar-refractivity contribution in [1.82, 2.24) is 16.0 Å². The maximum atomic E-state index is 13.3. The van der Waals surface area contributed by atoms with E-state index in [-0.39, 0.29) is 49.4 Å². The number of unbranched alkanes of at least 4 members (excludes halogenated alkanes) is 1. The maximum Gasteiger partial charge on any atom is 0.344 e. The van der Waals surface area contributed by atoms with Crippen LogP contribution in [0.25, 0.3) is 11.1 Å². The van der Waals surface area contributed by atoms with Gasteiger partial charge in [-0.25, -0.2) is 14.4 Å². The number of fused-ring (bicyclic) bond motifs is 1. The van der Waals surface area contributed by atoms with Gasteiger partial charge in [-0.15, -0.1) is 0 Å². The maximum absolute atomic E-state index is 13.3. The largest absolute Gasteiger partial charge is 0.482 e. The highest BCUT2D eigenvalue weighted by Gasteiger charge is 2.42. The Hall–Kier alpha value is -4.26. The molecule has 51 heavy (non-hydrogen) atoms. The zero-order valence-electron chi connectivity index (χ0n) is 30.4. The molecule has 0 spiro atoms. The molecular weight excluding hydrogens is 674 g/mol. The van der Waals surface area contributed by atoms with Crippen molar-refractivity contribution in [3.63, 3.8) is 0 Å². The number of hydrogen-bond donors (Lipinski definition) is 3. The van der Waals surface area contributed by atoms with Crippen molar-refractivity contribution in [2.75, 3.05) is 25.5 Å². The second kappa shape index (κ2) is 17.8. The van der Waals surface area contributed by atoms with Crippen LogP contribution in [0.5, 0.6) is 11.5 Å². The molecule has 2 aromatic rings.